The molecule has 2 aromatic carbocycles. The van der Waals surface area contributed by atoms with Gasteiger partial charge in [-0.2, -0.15) is 0 Å². The minimum absolute atomic E-state index is 0. The van der Waals surface area contributed by atoms with Gasteiger partial charge in [-0.1, -0.05) is 48.5 Å². The van der Waals surface area contributed by atoms with E-state index in [1.165, 1.54) is 18.2 Å². The number of carbonyl (C=O) groups is 1. The summed E-state index contributed by atoms with van der Waals surface area (Å²) in [7, 11) is 1.35. The first kappa shape index (κ1) is 20.5. The molecule has 0 unspecified atom stereocenters. The monoisotopic (exact) mass is 341 g/mol. The Morgan fingerprint density at radius 2 is 1.73 bits per heavy atom. The number of nitrogens with two attached hydrogens (primary N) is 1. The first-order valence-electron chi connectivity index (χ1n) is 6.60. The van der Waals surface area contributed by atoms with Gasteiger partial charge in [-0.25, -0.2) is 0 Å². The molecular weight excluding hydrogens is 321 g/mol. The Morgan fingerprint density at radius 1 is 1.09 bits per heavy atom. The molecule has 2 rings (SSSR count). The van der Waals surface area contributed by atoms with Crippen LogP contribution in [0.2, 0.25) is 0 Å². The molecule has 3 nitrogen and oxygen atoms in total. The lowest BCUT2D eigenvalue weighted by Gasteiger charge is -2.12. The predicted molar refractivity (Wildman–Crippen MR) is 94.8 cm³/mol. The van der Waals surface area contributed by atoms with E-state index in [4.69, 9.17) is 5.73 Å². The van der Waals surface area contributed by atoms with Gasteiger partial charge < -0.3 is 10.5 Å². The van der Waals surface area contributed by atoms with E-state index in [9.17, 15) is 4.79 Å². The van der Waals surface area contributed by atoms with Crippen molar-refractivity contribution in [2.75, 3.05) is 7.11 Å². The van der Waals surface area contributed by atoms with Crippen molar-refractivity contribution in [1.29, 1.82) is 0 Å². The van der Waals surface area contributed by atoms with Crippen LogP contribution in [0.1, 0.15) is 11.1 Å². The Kier molecular flexibility index (Phi) is 8.80. The van der Waals surface area contributed by atoms with Gasteiger partial charge in [0.2, 0.25) is 0 Å². The maximum absolute atomic E-state index is 11.4. The molecule has 0 aromatic heterocycles. The molecule has 0 bridgehead atoms. The van der Waals surface area contributed by atoms with Crippen LogP contribution >= 0.6 is 24.8 Å². The van der Waals surface area contributed by atoms with Gasteiger partial charge in [0.25, 0.3) is 0 Å². The van der Waals surface area contributed by atoms with Crippen molar-refractivity contribution in [3.05, 3.63) is 59.7 Å². The maximum atomic E-state index is 11.4. The largest absolute Gasteiger partial charge is 0.468 e. The van der Waals surface area contributed by atoms with Crippen LogP contribution < -0.4 is 5.73 Å². The Morgan fingerprint density at radius 3 is 2.27 bits per heavy atom. The fraction of sp³-hybridized carbons (Fsp3) is 0.235. The summed E-state index contributed by atoms with van der Waals surface area (Å²) in [5, 5.41) is 0. The Labute approximate surface area is 143 Å². The van der Waals surface area contributed by atoms with Gasteiger partial charge in [-0.05, 0) is 35.6 Å². The molecule has 120 valence electrons. The summed E-state index contributed by atoms with van der Waals surface area (Å²) >= 11 is 0. The number of hydrogen-bond acceptors (Lipinski definition) is 3. The van der Waals surface area contributed by atoms with Crippen molar-refractivity contribution in [3.8, 4) is 11.1 Å². The quantitative estimate of drug-likeness (QED) is 0.865. The molecule has 0 spiro atoms. The highest BCUT2D eigenvalue weighted by molar-refractivity contribution is 5.85. The number of methoxy groups -OCH3 is 1. The van der Waals surface area contributed by atoms with Crippen LogP contribution in [-0.4, -0.2) is 19.1 Å². The Hall–Kier alpha value is -1.55. The third kappa shape index (κ3) is 5.02. The first-order chi connectivity index (χ1) is 9.61. The number of rotatable bonds is 4. The third-order valence-electron chi connectivity index (χ3n) is 3.39. The smallest absolute Gasteiger partial charge is 0.322 e. The zero-order valence-electron chi connectivity index (χ0n) is 12.6. The van der Waals surface area contributed by atoms with Gasteiger partial charge >= 0.3 is 5.97 Å². The molecule has 0 aliphatic rings. The molecule has 0 heterocycles. The summed E-state index contributed by atoms with van der Waals surface area (Å²) in [5.74, 6) is -0.378. The van der Waals surface area contributed by atoms with Crippen molar-refractivity contribution in [2.45, 2.75) is 19.4 Å². The van der Waals surface area contributed by atoms with Crippen molar-refractivity contribution in [2.24, 2.45) is 5.73 Å². The van der Waals surface area contributed by atoms with Crippen molar-refractivity contribution in [3.63, 3.8) is 0 Å². The molecule has 2 N–H and O–H groups in total. The van der Waals surface area contributed by atoms with E-state index < -0.39 is 6.04 Å². The average Bonchev–Trinajstić information content (AvgIpc) is 2.49. The van der Waals surface area contributed by atoms with Crippen LogP contribution in [0.4, 0.5) is 0 Å². The van der Waals surface area contributed by atoms with E-state index in [0.29, 0.717) is 6.42 Å². The molecule has 0 aliphatic carbocycles. The first-order valence-corrected chi connectivity index (χ1v) is 6.60. The average molecular weight is 342 g/mol. The summed E-state index contributed by atoms with van der Waals surface area (Å²) in [4.78, 5) is 11.4. The number of aryl methyl sites for hydroxylation is 1. The number of carbonyl (C=O) groups excluding carboxylic acids is 1. The Bertz CT molecular complexity index is 603. The Balaban J connectivity index is 0.00000220. The van der Waals surface area contributed by atoms with Gasteiger partial charge in [0.15, 0.2) is 0 Å². The summed E-state index contributed by atoms with van der Waals surface area (Å²) in [6.45, 7) is 2.03. The topological polar surface area (TPSA) is 52.3 Å². The summed E-state index contributed by atoms with van der Waals surface area (Å²) < 4.78 is 4.65. The van der Waals surface area contributed by atoms with Crippen LogP contribution in [0.3, 0.4) is 0 Å². The zero-order chi connectivity index (χ0) is 14.5. The second-order valence-corrected chi connectivity index (χ2v) is 4.84. The van der Waals surface area contributed by atoms with Crippen LogP contribution in [0.15, 0.2) is 48.5 Å². The summed E-state index contributed by atoms with van der Waals surface area (Å²) in [5.41, 5.74) is 10.4. The van der Waals surface area contributed by atoms with E-state index in [1.807, 2.05) is 31.2 Å². The predicted octanol–water partition coefficient (Wildman–Crippen LogP) is 3.55. The number of esters is 1. The lowest BCUT2D eigenvalue weighted by Crippen LogP contribution is -2.33. The molecule has 2 aromatic rings. The van der Waals surface area contributed by atoms with E-state index in [-0.39, 0.29) is 30.8 Å². The molecule has 0 fully saturated rings. The van der Waals surface area contributed by atoms with Crippen LogP contribution in [0, 0.1) is 6.92 Å². The minimum Gasteiger partial charge on any atom is -0.468 e. The number of halogens is 2. The second-order valence-electron chi connectivity index (χ2n) is 4.84. The van der Waals surface area contributed by atoms with Gasteiger partial charge in [0, 0.05) is 0 Å². The highest BCUT2D eigenvalue weighted by Gasteiger charge is 2.15. The number of hydrogen-bond donors (Lipinski definition) is 1. The lowest BCUT2D eigenvalue weighted by atomic mass is 9.96. The highest BCUT2D eigenvalue weighted by atomic mass is 35.5. The standard InChI is InChI=1S/C17H19NO2.2ClH/c1-12-10-15(13-6-4-3-5-7-13)9-8-14(12)11-16(18)17(19)20-2;;/h3-10,16H,11,18H2,1-2H3;2*1H/t16-;;/m0../s1. The molecule has 0 aliphatic heterocycles. The number of benzene rings is 2. The minimum atomic E-state index is -0.610. The summed E-state index contributed by atoms with van der Waals surface area (Å²) in [6.07, 6.45) is 0.494. The second kappa shape index (κ2) is 9.46. The summed E-state index contributed by atoms with van der Waals surface area (Å²) in [6, 6.07) is 15.8. The lowest BCUT2D eigenvalue weighted by molar-refractivity contribution is -0.142. The molecule has 5 heteroatoms. The van der Waals surface area contributed by atoms with E-state index in [2.05, 4.69) is 29.0 Å². The molecule has 1 atom stereocenters. The highest BCUT2D eigenvalue weighted by Crippen LogP contribution is 2.22. The van der Waals surface area contributed by atoms with E-state index in [0.717, 1.165) is 11.1 Å². The van der Waals surface area contributed by atoms with E-state index >= 15 is 0 Å². The molecule has 0 amide bonds. The van der Waals surface area contributed by atoms with E-state index in [1.54, 1.807) is 0 Å². The number of ether oxygens (including phenoxy) is 1. The fourth-order valence-electron chi connectivity index (χ4n) is 2.21. The van der Waals surface area contributed by atoms with Gasteiger partial charge in [0.1, 0.15) is 6.04 Å². The van der Waals surface area contributed by atoms with Crippen molar-refractivity contribution in [1.82, 2.24) is 0 Å². The third-order valence-corrected chi connectivity index (χ3v) is 3.39. The zero-order valence-corrected chi connectivity index (χ0v) is 14.2. The molecule has 0 saturated heterocycles. The fourth-order valence-corrected chi connectivity index (χ4v) is 2.21. The molecule has 0 saturated carbocycles. The van der Waals surface area contributed by atoms with Crippen LogP contribution in [-0.2, 0) is 16.0 Å². The van der Waals surface area contributed by atoms with Gasteiger partial charge in [-0.3, -0.25) is 4.79 Å². The van der Waals surface area contributed by atoms with Crippen molar-refractivity contribution >= 4 is 30.8 Å². The van der Waals surface area contributed by atoms with Gasteiger partial charge in [0.05, 0.1) is 7.11 Å². The normalized spacial score (nSPS) is 10.9. The maximum Gasteiger partial charge on any atom is 0.322 e. The SMILES string of the molecule is COC(=O)[C@@H](N)Cc1ccc(-c2ccccc2)cc1C.Cl.Cl. The van der Waals surface area contributed by atoms with Crippen molar-refractivity contribution < 1.29 is 9.53 Å². The van der Waals surface area contributed by atoms with Crippen LogP contribution in [0.5, 0.6) is 0 Å². The van der Waals surface area contributed by atoms with Crippen LogP contribution in [0.25, 0.3) is 11.1 Å². The van der Waals surface area contributed by atoms with Gasteiger partial charge in [-0.15, -0.1) is 24.8 Å². The molecule has 22 heavy (non-hydrogen) atoms. The molecular formula is C17H21Cl2NO2. The molecule has 0 radical (unpaired) electrons.